The van der Waals surface area contributed by atoms with Crippen LogP contribution in [0.5, 0.6) is 17.2 Å². The zero-order valence-electron chi connectivity index (χ0n) is 25.3. The second-order valence-electron chi connectivity index (χ2n) is 12.4. The molecule has 44 heavy (non-hydrogen) atoms. The summed E-state index contributed by atoms with van der Waals surface area (Å²) in [6.45, 7) is 10.5. The number of benzene rings is 3. The van der Waals surface area contributed by atoms with Crippen LogP contribution >= 0.6 is 0 Å². The van der Waals surface area contributed by atoms with Crippen molar-refractivity contribution in [3.63, 3.8) is 0 Å². The van der Waals surface area contributed by atoms with Crippen LogP contribution in [-0.2, 0) is 11.2 Å². The molecule has 0 spiro atoms. The second-order valence-corrected chi connectivity index (χ2v) is 12.4. The molecule has 228 valence electrons. The van der Waals surface area contributed by atoms with Crippen molar-refractivity contribution in [1.82, 2.24) is 0 Å². The molecule has 6 rings (SSSR count). The Morgan fingerprint density at radius 1 is 0.795 bits per heavy atom. The number of carbonyl (C=O) groups excluding carboxylic acids is 2. The van der Waals surface area contributed by atoms with E-state index in [0.717, 1.165) is 38.5 Å². The van der Waals surface area contributed by atoms with Crippen molar-refractivity contribution in [2.45, 2.75) is 57.5 Å². The molecular formula is C38H40O6. The van der Waals surface area contributed by atoms with E-state index in [1.54, 1.807) is 60.7 Å². The van der Waals surface area contributed by atoms with Crippen LogP contribution in [0.1, 0.15) is 76.8 Å². The fraction of sp³-hybridized carbons (Fsp3) is 0.368. The number of esters is 2. The molecule has 0 heterocycles. The highest BCUT2D eigenvalue weighted by Crippen LogP contribution is 2.61. The molecule has 0 aliphatic heterocycles. The van der Waals surface area contributed by atoms with Crippen molar-refractivity contribution in [2.24, 2.45) is 17.3 Å². The van der Waals surface area contributed by atoms with Gasteiger partial charge >= 0.3 is 11.9 Å². The Morgan fingerprint density at radius 3 is 2.05 bits per heavy atom. The van der Waals surface area contributed by atoms with Gasteiger partial charge in [-0.25, -0.2) is 9.59 Å². The lowest BCUT2D eigenvalue weighted by Crippen LogP contribution is -2.45. The van der Waals surface area contributed by atoms with E-state index >= 15 is 0 Å². The molecule has 2 saturated carbocycles. The minimum absolute atomic E-state index is 0.0247. The minimum atomic E-state index is -0.383. The molecule has 3 aliphatic rings. The predicted molar refractivity (Wildman–Crippen MR) is 169 cm³/mol. The summed E-state index contributed by atoms with van der Waals surface area (Å²) in [6.07, 6.45) is 9.40. The molecule has 6 heteroatoms. The summed E-state index contributed by atoms with van der Waals surface area (Å²) in [5, 5.41) is 0. The second kappa shape index (κ2) is 12.7. The van der Waals surface area contributed by atoms with Crippen molar-refractivity contribution in [1.29, 1.82) is 0 Å². The first-order chi connectivity index (χ1) is 21.4. The Kier molecular flexibility index (Phi) is 8.60. The van der Waals surface area contributed by atoms with Crippen molar-refractivity contribution >= 4 is 11.9 Å². The summed E-state index contributed by atoms with van der Waals surface area (Å²) in [4.78, 5) is 25.9. The van der Waals surface area contributed by atoms with Gasteiger partial charge in [-0.15, -0.1) is 0 Å². The third-order valence-electron chi connectivity index (χ3n) is 9.99. The number of hydrogen-bond acceptors (Lipinski definition) is 6. The largest absolute Gasteiger partial charge is 0.490 e. The van der Waals surface area contributed by atoms with Crippen LogP contribution in [0, 0.1) is 17.3 Å². The topological polar surface area (TPSA) is 71.1 Å². The van der Waals surface area contributed by atoms with Crippen LogP contribution in [0.4, 0.5) is 0 Å². The third kappa shape index (κ3) is 5.90. The van der Waals surface area contributed by atoms with E-state index < -0.39 is 0 Å². The molecule has 6 nitrogen and oxygen atoms in total. The van der Waals surface area contributed by atoms with Gasteiger partial charge in [0.2, 0.25) is 0 Å². The van der Waals surface area contributed by atoms with Gasteiger partial charge in [0.1, 0.15) is 36.6 Å². The number of fused-ring (bicyclic) bond motifs is 5. The first-order valence-corrected chi connectivity index (χ1v) is 15.6. The molecule has 5 atom stereocenters. The van der Waals surface area contributed by atoms with E-state index in [0.29, 0.717) is 59.3 Å². The quantitative estimate of drug-likeness (QED) is 0.135. The van der Waals surface area contributed by atoms with E-state index in [4.69, 9.17) is 18.9 Å². The van der Waals surface area contributed by atoms with Crippen molar-refractivity contribution in [2.75, 3.05) is 13.2 Å². The van der Waals surface area contributed by atoms with Gasteiger partial charge in [-0.2, -0.15) is 0 Å². The maximum Gasteiger partial charge on any atom is 0.343 e. The lowest BCUT2D eigenvalue weighted by Gasteiger charge is -2.50. The predicted octanol–water partition coefficient (Wildman–Crippen LogP) is 8.12. The highest BCUT2D eigenvalue weighted by Gasteiger charge is 2.56. The first-order valence-electron chi connectivity index (χ1n) is 15.6. The van der Waals surface area contributed by atoms with Gasteiger partial charge in [0.15, 0.2) is 0 Å². The van der Waals surface area contributed by atoms with Crippen LogP contribution in [-0.4, -0.2) is 31.3 Å². The Hall–Kier alpha value is -4.32. The van der Waals surface area contributed by atoms with Crippen molar-refractivity contribution in [3.8, 4) is 17.2 Å². The molecule has 0 unspecified atom stereocenters. The average molecular weight is 593 g/mol. The van der Waals surface area contributed by atoms with Gasteiger partial charge in [-0.05, 0) is 128 Å². The highest BCUT2D eigenvalue weighted by molar-refractivity contribution is 5.91. The lowest BCUT2D eigenvalue weighted by atomic mass is 9.55. The fourth-order valence-corrected chi connectivity index (χ4v) is 7.82. The lowest BCUT2D eigenvalue weighted by molar-refractivity contribution is -0.0427. The molecule has 0 N–H and O–H groups in total. The zero-order chi connectivity index (χ0) is 30.7. The van der Waals surface area contributed by atoms with Gasteiger partial charge in [0, 0.05) is 5.41 Å². The van der Waals surface area contributed by atoms with Crippen molar-refractivity contribution < 1.29 is 28.5 Å². The zero-order valence-corrected chi connectivity index (χ0v) is 25.3. The van der Waals surface area contributed by atoms with Crippen LogP contribution in [0.15, 0.2) is 92.0 Å². The monoisotopic (exact) mass is 592 g/mol. The normalized spacial score (nSPS) is 25.0. The number of hydrogen-bond donors (Lipinski definition) is 0. The smallest absolute Gasteiger partial charge is 0.343 e. The standard InChI is InChI=1S/C38H40O6/c1-4-22-41-28-11-6-25(7-12-28)36(39)43-30-15-17-31-27(24-30)10-16-33-32(31)20-21-38(3)34(33)18-19-35(38)44-37(40)26-8-13-29(14-9-26)42-23-5-2/h4-9,11-15,17,24,32-35H,1-2,10,16,18-23H2,3H3/t32-,33-,34+,35+,38+/m1/s1. The Balaban J connectivity index is 1.09. The van der Waals surface area contributed by atoms with Gasteiger partial charge in [-0.1, -0.05) is 38.3 Å². The molecular weight excluding hydrogens is 552 g/mol. The third-order valence-corrected chi connectivity index (χ3v) is 9.99. The maximum atomic E-state index is 13.1. The van der Waals surface area contributed by atoms with Gasteiger partial charge < -0.3 is 18.9 Å². The Bertz CT molecular complexity index is 1520. The van der Waals surface area contributed by atoms with Crippen LogP contribution < -0.4 is 14.2 Å². The summed E-state index contributed by atoms with van der Waals surface area (Å²) >= 11 is 0. The number of ether oxygens (including phenoxy) is 4. The number of carbonyl (C=O) groups is 2. The molecule has 3 aromatic carbocycles. The molecule has 3 aliphatic carbocycles. The number of rotatable bonds is 10. The van der Waals surface area contributed by atoms with E-state index in [1.807, 2.05) is 12.1 Å². The van der Waals surface area contributed by atoms with Gasteiger partial charge in [-0.3, -0.25) is 0 Å². The highest BCUT2D eigenvalue weighted by atomic mass is 16.5. The molecule has 3 aromatic rings. The van der Waals surface area contributed by atoms with E-state index in [-0.39, 0.29) is 23.5 Å². The van der Waals surface area contributed by atoms with E-state index in [1.165, 1.54) is 11.1 Å². The summed E-state index contributed by atoms with van der Waals surface area (Å²) in [6, 6.07) is 20.2. The Morgan fingerprint density at radius 2 is 1.41 bits per heavy atom. The van der Waals surface area contributed by atoms with E-state index in [2.05, 4.69) is 26.1 Å². The summed E-state index contributed by atoms with van der Waals surface area (Å²) < 4.78 is 23.0. The first kappa shape index (κ1) is 29.7. The van der Waals surface area contributed by atoms with Gasteiger partial charge in [0.05, 0.1) is 11.1 Å². The fourth-order valence-electron chi connectivity index (χ4n) is 7.82. The van der Waals surface area contributed by atoms with Gasteiger partial charge in [0.25, 0.3) is 0 Å². The molecule has 0 aromatic heterocycles. The minimum Gasteiger partial charge on any atom is -0.490 e. The molecule has 0 bridgehead atoms. The Labute approximate surface area is 259 Å². The van der Waals surface area contributed by atoms with Crippen LogP contribution in [0.3, 0.4) is 0 Å². The van der Waals surface area contributed by atoms with E-state index in [9.17, 15) is 9.59 Å². The average Bonchev–Trinajstić information content (AvgIpc) is 3.38. The molecule has 0 amide bonds. The van der Waals surface area contributed by atoms with Crippen LogP contribution in [0.25, 0.3) is 0 Å². The number of aryl methyl sites for hydroxylation is 1. The van der Waals surface area contributed by atoms with Crippen molar-refractivity contribution in [3.05, 3.63) is 114 Å². The summed E-state index contributed by atoms with van der Waals surface area (Å²) in [5.74, 6) is 2.86. The molecule has 0 radical (unpaired) electrons. The molecule has 2 fully saturated rings. The summed E-state index contributed by atoms with van der Waals surface area (Å²) in [5.41, 5.74) is 3.66. The summed E-state index contributed by atoms with van der Waals surface area (Å²) in [7, 11) is 0. The molecule has 0 saturated heterocycles. The SMILES string of the molecule is C=CCOc1ccc(C(=O)Oc2ccc3c(c2)CC[C@@H]2[C@@H]3CC[C@]3(C)[C@@H](OC(=O)c4ccc(OCC=C)cc4)CC[C@@H]23)cc1. The maximum absolute atomic E-state index is 13.1. The van der Waals surface area contributed by atoms with Crippen LogP contribution in [0.2, 0.25) is 0 Å².